The standard InChI is InChI=1S/C24H18N4O2/c1-3-27-20(14-13-17-21(29)15-9-5-6-10-16(15)22(17)30)28(4-2)24-23(27)25-18-11-7-8-12-19(18)26-24/h5-12H,3-4H2,1-2H3. The molecule has 1 aromatic heterocycles. The first-order valence-electron chi connectivity index (χ1n) is 9.90. The minimum absolute atomic E-state index is 0.0119. The van der Waals surface area contributed by atoms with E-state index in [1.165, 1.54) is 0 Å². The zero-order chi connectivity index (χ0) is 20.8. The van der Waals surface area contributed by atoms with Gasteiger partial charge in [-0.25, -0.2) is 9.97 Å². The third kappa shape index (κ3) is 2.52. The van der Waals surface area contributed by atoms with Crippen molar-refractivity contribution in [3.8, 4) is 0 Å². The number of para-hydroxylation sites is 2. The van der Waals surface area contributed by atoms with E-state index in [4.69, 9.17) is 9.97 Å². The summed E-state index contributed by atoms with van der Waals surface area (Å²) < 4.78 is 0. The first-order valence-corrected chi connectivity index (χ1v) is 9.90. The van der Waals surface area contributed by atoms with Crippen LogP contribution in [0.5, 0.6) is 0 Å². The van der Waals surface area contributed by atoms with Crippen LogP contribution in [-0.2, 0) is 0 Å². The van der Waals surface area contributed by atoms with Crippen LogP contribution in [0.15, 0.2) is 71.4 Å². The van der Waals surface area contributed by atoms with E-state index in [0.29, 0.717) is 30.0 Å². The molecule has 0 N–H and O–H groups in total. The second-order valence-corrected chi connectivity index (χ2v) is 7.00. The number of rotatable bonds is 2. The van der Waals surface area contributed by atoms with E-state index in [9.17, 15) is 9.59 Å². The fourth-order valence-electron chi connectivity index (χ4n) is 3.91. The van der Waals surface area contributed by atoms with E-state index < -0.39 is 0 Å². The van der Waals surface area contributed by atoms with Crippen LogP contribution in [0.25, 0.3) is 11.0 Å². The molecule has 2 aromatic carbocycles. The molecule has 0 saturated carbocycles. The van der Waals surface area contributed by atoms with Gasteiger partial charge in [0.2, 0.25) is 11.6 Å². The van der Waals surface area contributed by atoms with Crippen molar-refractivity contribution in [3.05, 3.63) is 82.5 Å². The maximum absolute atomic E-state index is 12.7. The number of nitrogens with zero attached hydrogens (tertiary/aromatic N) is 4. The Labute approximate surface area is 173 Å². The fraction of sp³-hybridized carbons (Fsp3) is 0.167. The molecule has 6 heteroatoms. The highest BCUT2D eigenvalue weighted by Crippen LogP contribution is 2.39. The number of anilines is 2. The molecular weight excluding hydrogens is 376 g/mol. The van der Waals surface area contributed by atoms with Crippen LogP contribution in [0.3, 0.4) is 0 Å². The molecule has 30 heavy (non-hydrogen) atoms. The highest BCUT2D eigenvalue weighted by Gasteiger charge is 2.34. The number of benzene rings is 2. The van der Waals surface area contributed by atoms with Gasteiger partial charge in [-0.1, -0.05) is 42.1 Å². The molecule has 146 valence electrons. The van der Waals surface area contributed by atoms with Crippen LogP contribution in [0.1, 0.15) is 34.6 Å². The van der Waals surface area contributed by atoms with Gasteiger partial charge in [0.15, 0.2) is 17.5 Å². The van der Waals surface area contributed by atoms with Crippen LogP contribution in [0.2, 0.25) is 0 Å². The normalized spacial score (nSPS) is 14.9. The number of aromatic nitrogens is 2. The molecule has 6 nitrogen and oxygen atoms in total. The fourth-order valence-corrected chi connectivity index (χ4v) is 3.91. The Hall–Kier alpha value is -3.98. The Morgan fingerprint density at radius 2 is 1.20 bits per heavy atom. The summed E-state index contributed by atoms with van der Waals surface area (Å²) in [6.45, 7) is 5.29. The summed E-state index contributed by atoms with van der Waals surface area (Å²) in [5.41, 5.74) is 8.42. The van der Waals surface area contributed by atoms with E-state index in [1.807, 2.05) is 47.9 Å². The van der Waals surface area contributed by atoms with Gasteiger partial charge in [0, 0.05) is 24.2 Å². The molecule has 2 aliphatic rings. The SMILES string of the molecule is CCN1C(=C=C=C2C(=O)c3ccccc3C2=O)N(CC)c2nc3ccccc3nc21. The molecule has 2 heterocycles. The van der Waals surface area contributed by atoms with Gasteiger partial charge in [-0.15, -0.1) is 0 Å². The van der Waals surface area contributed by atoms with Gasteiger partial charge in [0.25, 0.3) is 0 Å². The van der Waals surface area contributed by atoms with E-state index in [2.05, 4.69) is 11.5 Å². The number of fused-ring (bicyclic) bond motifs is 3. The summed E-state index contributed by atoms with van der Waals surface area (Å²) in [5.74, 6) is 1.52. The molecule has 1 aliphatic heterocycles. The molecule has 0 amide bonds. The molecule has 0 saturated heterocycles. The van der Waals surface area contributed by atoms with Crippen molar-refractivity contribution in [2.75, 3.05) is 22.9 Å². The highest BCUT2D eigenvalue weighted by atomic mass is 16.2. The Morgan fingerprint density at radius 1 is 0.733 bits per heavy atom. The van der Waals surface area contributed by atoms with Crippen molar-refractivity contribution >= 4 is 34.2 Å². The van der Waals surface area contributed by atoms with E-state index in [-0.39, 0.29) is 17.1 Å². The Balaban J connectivity index is 1.71. The van der Waals surface area contributed by atoms with Crippen LogP contribution >= 0.6 is 0 Å². The molecule has 0 radical (unpaired) electrons. The van der Waals surface area contributed by atoms with E-state index in [1.54, 1.807) is 24.3 Å². The lowest BCUT2D eigenvalue weighted by atomic mass is 10.1. The molecule has 0 fully saturated rings. The van der Waals surface area contributed by atoms with Crippen molar-refractivity contribution in [1.29, 1.82) is 0 Å². The van der Waals surface area contributed by atoms with Crippen molar-refractivity contribution in [2.45, 2.75) is 13.8 Å². The van der Waals surface area contributed by atoms with Gasteiger partial charge in [-0.2, -0.15) is 0 Å². The molecule has 3 aromatic rings. The van der Waals surface area contributed by atoms with E-state index in [0.717, 1.165) is 22.7 Å². The lowest BCUT2D eigenvalue weighted by Gasteiger charge is -2.19. The second-order valence-electron chi connectivity index (χ2n) is 7.00. The zero-order valence-electron chi connectivity index (χ0n) is 16.6. The maximum Gasteiger partial charge on any atom is 0.206 e. The number of hydrogen-bond acceptors (Lipinski definition) is 6. The Kier molecular flexibility index (Phi) is 4.11. The number of ketones is 2. The maximum atomic E-state index is 12.7. The first kappa shape index (κ1) is 18.1. The van der Waals surface area contributed by atoms with Gasteiger partial charge in [-0.05, 0) is 31.7 Å². The molecular formula is C24H18N4O2. The lowest BCUT2D eigenvalue weighted by Crippen LogP contribution is -2.27. The molecule has 0 atom stereocenters. The number of carbonyl (C=O) groups is 2. The summed E-state index contributed by atoms with van der Waals surface area (Å²) in [7, 11) is 0. The Morgan fingerprint density at radius 3 is 1.67 bits per heavy atom. The predicted molar refractivity (Wildman–Crippen MR) is 115 cm³/mol. The zero-order valence-corrected chi connectivity index (χ0v) is 16.6. The van der Waals surface area contributed by atoms with Gasteiger partial charge in [0.05, 0.1) is 11.0 Å². The van der Waals surface area contributed by atoms with Gasteiger partial charge < -0.3 is 9.80 Å². The van der Waals surface area contributed by atoms with Gasteiger partial charge in [-0.3, -0.25) is 9.59 Å². The molecule has 0 unspecified atom stereocenters. The van der Waals surface area contributed by atoms with Crippen LogP contribution < -0.4 is 9.80 Å². The van der Waals surface area contributed by atoms with Gasteiger partial charge in [0.1, 0.15) is 5.57 Å². The molecule has 0 bridgehead atoms. The van der Waals surface area contributed by atoms with Crippen LogP contribution in [-0.4, -0.2) is 34.6 Å². The third-order valence-electron chi connectivity index (χ3n) is 5.36. The van der Waals surface area contributed by atoms with Crippen LogP contribution in [0, 0.1) is 0 Å². The number of Topliss-reactive ketones (excluding diaryl/α,β-unsaturated/α-hetero) is 2. The summed E-state index contributed by atoms with van der Waals surface area (Å²) in [5, 5.41) is 0. The third-order valence-corrected chi connectivity index (χ3v) is 5.36. The molecule has 1 aliphatic carbocycles. The smallest absolute Gasteiger partial charge is 0.206 e. The topological polar surface area (TPSA) is 66.4 Å². The number of hydrogen-bond donors (Lipinski definition) is 0. The van der Waals surface area contributed by atoms with Crippen LogP contribution in [0.4, 0.5) is 11.6 Å². The average molecular weight is 394 g/mol. The summed E-state index contributed by atoms with van der Waals surface area (Å²) in [6, 6.07) is 14.6. The van der Waals surface area contributed by atoms with Crippen molar-refractivity contribution in [1.82, 2.24) is 9.97 Å². The quantitative estimate of drug-likeness (QED) is 0.373. The lowest BCUT2D eigenvalue weighted by molar-refractivity contribution is 0.0989. The highest BCUT2D eigenvalue weighted by molar-refractivity contribution is 6.39. The minimum Gasteiger partial charge on any atom is -0.302 e. The largest absolute Gasteiger partial charge is 0.302 e. The van der Waals surface area contributed by atoms with Crippen molar-refractivity contribution in [2.24, 2.45) is 0 Å². The summed E-state index contributed by atoms with van der Waals surface area (Å²) in [4.78, 5) is 38.9. The molecule has 5 rings (SSSR count). The van der Waals surface area contributed by atoms with E-state index >= 15 is 0 Å². The number of allylic oxidation sites excluding steroid dienone is 1. The van der Waals surface area contributed by atoms with Crippen molar-refractivity contribution < 1.29 is 9.59 Å². The monoisotopic (exact) mass is 394 g/mol. The molecule has 0 spiro atoms. The summed E-state index contributed by atoms with van der Waals surface area (Å²) in [6.07, 6.45) is 0. The minimum atomic E-state index is -0.313. The second kappa shape index (κ2) is 6.82. The predicted octanol–water partition coefficient (Wildman–Crippen LogP) is 3.90. The van der Waals surface area contributed by atoms with Crippen molar-refractivity contribution in [3.63, 3.8) is 0 Å². The Bertz CT molecular complexity index is 1250. The number of carbonyl (C=O) groups excluding carboxylic acids is 2. The van der Waals surface area contributed by atoms with Gasteiger partial charge >= 0.3 is 0 Å². The average Bonchev–Trinajstić information content (AvgIpc) is 3.21. The first-order chi connectivity index (χ1) is 14.6. The summed E-state index contributed by atoms with van der Waals surface area (Å²) >= 11 is 0.